The van der Waals surface area contributed by atoms with Crippen molar-refractivity contribution in [1.82, 2.24) is 24.8 Å². The van der Waals surface area contributed by atoms with Crippen molar-refractivity contribution in [3.05, 3.63) is 84.1 Å². The van der Waals surface area contributed by atoms with Crippen molar-refractivity contribution in [3.63, 3.8) is 0 Å². The Hall–Kier alpha value is -3.18. The normalized spacial score (nSPS) is 14.2. The Balaban J connectivity index is 1.42. The van der Waals surface area contributed by atoms with Gasteiger partial charge in [-0.05, 0) is 41.1 Å². The zero-order chi connectivity index (χ0) is 18.1. The highest BCUT2D eigenvalue weighted by Gasteiger charge is 2.19. The van der Waals surface area contributed by atoms with Gasteiger partial charge in [0.05, 0.1) is 5.69 Å². The zero-order valence-corrected chi connectivity index (χ0v) is 14.9. The fraction of sp³-hybridized carbons (Fsp3) is 0.182. The quantitative estimate of drug-likeness (QED) is 0.563. The number of nitrogens with zero attached hydrogens (tertiary/aromatic N) is 5. The summed E-state index contributed by atoms with van der Waals surface area (Å²) in [6.07, 6.45) is 8.51. The van der Waals surface area contributed by atoms with Gasteiger partial charge in [0.1, 0.15) is 5.69 Å². The number of aromatic nitrogens is 4. The highest BCUT2D eigenvalue weighted by Crippen LogP contribution is 2.24. The largest absolute Gasteiger partial charge is 0.293 e. The van der Waals surface area contributed by atoms with Gasteiger partial charge in [0.25, 0.3) is 0 Å². The Morgan fingerprint density at radius 2 is 1.93 bits per heavy atom. The molecule has 0 aliphatic carbocycles. The molecule has 0 unspecified atom stereocenters. The van der Waals surface area contributed by atoms with Crippen molar-refractivity contribution < 1.29 is 0 Å². The van der Waals surface area contributed by atoms with Crippen molar-refractivity contribution >= 4 is 10.8 Å². The molecular formula is C22H19N5. The first-order chi connectivity index (χ1) is 13.4. The van der Waals surface area contributed by atoms with E-state index < -0.39 is 0 Å². The maximum atomic E-state index is 4.81. The third-order valence-corrected chi connectivity index (χ3v) is 5.08. The first kappa shape index (κ1) is 16.0. The third-order valence-electron chi connectivity index (χ3n) is 5.08. The van der Waals surface area contributed by atoms with E-state index in [0.717, 1.165) is 37.4 Å². The number of fused-ring (bicyclic) bond motifs is 2. The molecular weight excluding hydrogens is 334 g/mol. The minimum absolute atomic E-state index is 0.701. The summed E-state index contributed by atoms with van der Waals surface area (Å²) in [6, 6.07) is 14.4. The van der Waals surface area contributed by atoms with Gasteiger partial charge in [-0.15, -0.1) is 0 Å². The Bertz CT molecular complexity index is 1090. The molecule has 0 saturated carbocycles. The van der Waals surface area contributed by atoms with Crippen molar-refractivity contribution in [1.29, 1.82) is 0 Å². The maximum Gasteiger partial charge on any atom is 0.178 e. The number of hydrogen-bond donors (Lipinski definition) is 0. The monoisotopic (exact) mass is 353 g/mol. The van der Waals surface area contributed by atoms with E-state index in [1.807, 2.05) is 36.8 Å². The van der Waals surface area contributed by atoms with Gasteiger partial charge in [-0.25, -0.2) is 9.97 Å². The third kappa shape index (κ3) is 3.17. The molecule has 5 nitrogen and oxygen atoms in total. The minimum Gasteiger partial charge on any atom is -0.293 e. The van der Waals surface area contributed by atoms with Gasteiger partial charge in [-0.1, -0.05) is 24.3 Å². The summed E-state index contributed by atoms with van der Waals surface area (Å²) in [7, 11) is 0. The lowest BCUT2D eigenvalue weighted by Gasteiger charge is -2.28. The average molecular weight is 353 g/mol. The van der Waals surface area contributed by atoms with Crippen LogP contribution < -0.4 is 0 Å². The first-order valence-electron chi connectivity index (χ1n) is 9.17. The molecule has 0 fully saturated rings. The van der Waals surface area contributed by atoms with Crippen LogP contribution in [0.1, 0.15) is 16.8 Å². The van der Waals surface area contributed by atoms with E-state index in [4.69, 9.17) is 4.98 Å². The molecule has 0 amide bonds. The van der Waals surface area contributed by atoms with E-state index in [1.165, 1.54) is 21.9 Å². The fourth-order valence-electron chi connectivity index (χ4n) is 3.68. The fourth-order valence-corrected chi connectivity index (χ4v) is 3.68. The van der Waals surface area contributed by atoms with Crippen molar-refractivity contribution in [3.8, 4) is 11.5 Å². The molecule has 5 heteroatoms. The van der Waals surface area contributed by atoms with Gasteiger partial charge in [-0.3, -0.25) is 14.9 Å². The minimum atomic E-state index is 0.701. The van der Waals surface area contributed by atoms with Crippen LogP contribution in [0.5, 0.6) is 0 Å². The van der Waals surface area contributed by atoms with Crippen LogP contribution in [0.2, 0.25) is 0 Å². The van der Waals surface area contributed by atoms with E-state index >= 15 is 0 Å². The number of hydrogen-bond acceptors (Lipinski definition) is 5. The van der Waals surface area contributed by atoms with Crippen LogP contribution >= 0.6 is 0 Å². The molecule has 5 rings (SSSR count). The standard InChI is InChI=1S/C22H19N5/c1-2-9-24-20(6-1)22-25-13-17-8-11-27(15-21(17)26-22)14-18-5-3-4-16-12-23-10-7-19(16)18/h1-7,9-10,12-13H,8,11,14-15H2. The second-order valence-electron chi connectivity index (χ2n) is 6.86. The molecule has 4 heterocycles. The lowest BCUT2D eigenvalue weighted by Crippen LogP contribution is -2.31. The van der Waals surface area contributed by atoms with E-state index in [0.29, 0.717) is 5.82 Å². The summed E-state index contributed by atoms with van der Waals surface area (Å²) in [5, 5.41) is 2.46. The Morgan fingerprint density at radius 3 is 2.85 bits per heavy atom. The zero-order valence-electron chi connectivity index (χ0n) is 14.9. The molecule has 1 aromatic carbocycles. The molecule has 0 spiro atoms. The summed E-state index contributed by atoms with van der Waals surface area (Å²) in [4.78, 5) is 20.4. The highest BCUT2D eigenvalue weighted by molar-refractivity contribution is 5.84. The van der Waals surface area contributed by atoms with Gasteiger partial charge >= 0.3 is 0 Å². The van der Waals surface area contributed by atoms with Crippen molar-refractivity contribution in [2.24, 2.45) is 0 Å². The Labute approximate surface area is 157 Å². The lowest BCUT2D eigenvalue weighted by atomic mass is 10.0. The van der Waals surface area contributed by atoms with E-state index in [9.17, 15) is 0 Å². The molecule has 0 saturated heterocycles. The predicted octanol–water partition coefficient (Wildman–Crippen LogP) is 3.65. The lowest BCUT2D eigenvalue weighted by molar-refractivity contribution is 0.242. The summed E-state index contributed by atoms with van der Waals surface area (Å²) in [6.45, 7) is 2.75. The smallest absolute Gasteiger partial charge is 0.178 e. The number of pyridine rings is 2. The van der Waals surface area contributed by atoms with Crippen molar-refractivity contribution in [2.45, 2.75) is 19.5 Å². The van der Waals surface area contributed by atoms with Gasteiger partial charge in [-0.2, -0.15) is 0 Å². The molecule has 0 N–H and O–H groups in total. The van der Waals surface area contributed by atoms with E-state index in [1.54, 1.807) is 6.20 Å². The van der Waals surface area contributed by atoms with Crippen LogP contribution in [0, 0.1) is 0 Å². The molecule has 0 atom stereocenters. The molecule has 27 heavy (non-hydrogen) atoms. The molecule has 4 aromatic rings. The van der Waals surface area contributed by atoms with E-state index in [2.05, 4.69) is 44.1 Å². The van der Waals surface area contributed by atoms with Crippen molar-refractivity contribution in [2.75, 3.05) is 6.54 Å². The van der Waals surface area contributed by atoms with Gasteiger partial charge < -0.3 is 0 Å². The summed E-state index contributed by atoms with van der Waals surface area (Å²) < 4.78 is 0. The van der Waals surface area contributed by atoms with Crippen LogP contribution in [0.15, 0.2) is 67.3 Å². The maximum absolute atomic E-state index is 4.81. The summed E-state index contributed by atoms with van der Waals surface area (Å²) in [5.41, 5.74) is 4.50. The Morgan fingerprint density at radius 1 is 0.926 bits per heavy atom. The molecule has 1 aliphatic heterocycles. The Kier molecular flexibility index (Phi) is 4.07. The van der Waals surface area contributed by atoms with Crippen LogP contribution in [0.4, 0.5) is 0 Å². The second-order valence-corrected chi connectivity index (χ2v) is 6.86. The van der Waals surface area contributed by atoms with Gasteiger partial charge in [0.15, 0.2) is 5.82 Å². The molecule has 3 aromatic heterocycles. The second kappa shape index (κ2) is 6.85. The number of benzene rings is 1. The van der Waals surface area contributed by atoms with Crippen LogP contribution in [0.25, 0.3) is 22.3 Å². The van der Waals surface area contributed by atoms with Crippen LogP contribution in [0.3, 0.4) is 0 Å². The number of rotatable bonds is 3. The molecule has 132 valence electrons. The van der Waals surface area contributed by atoms with E-state index in [-0.39, 0.29) is 0 Å². The molecule has 0 bridgehead atoms. The molecule has 0 radical (unpaired) electrons. The van der Waals surface area contributed by atoms with Crippen LogP contribution in [-0.4, -0.2) is 31.4 Å². The SMILES string of the molecule is c1ccc(-c2ncc3c(n2)CN(Cc2cccc4cnccc24)CC3)nc1. The first-order valence-corrected chi connectivity index (χ1v) is 9.17. The topological polar surface area (TPSA) is 54.8 Å². The summed E-state index contributed by atoms with van der Waals surface area (Å²) in [5.74, 6) is 0.701. The molecule has 1 aliphatic rings. The average Bonchev–Trinajstić information content (AvgIpc) is 2.74. The summed E-state index contributed by atoms with van der Waals surface area (Å²) >= 11 is 0. The highest BCUT2D eigenvalue weighted by atomic mass is 15.1. The van der Waals surface area contributed by atoms with Gasteiger partial charge in [0.2, 0.25) is 0 Å². The van der Waals surface area contributed by atoms with Gasteiger partial charge in [0, 0.05) is 49.8 Å². The predicted molar refractivity (Wildman–Crippen MR) is 105 cm³/mol. The van der Waals surface area contributed by atoms with Crippen LogP contribution in [-0.2, 0) is 19.5 Å².